The zero-order valence-electron chi connectivity index (χ0n) is 11.4. The van der Waals surface area contributed by atoms with E-state index in [4.69, 9.17) is 5.26 Å². The van der Waals surface area contributed by atoms with Gasteiger partial charge in [0.1, 0.15) is 0 Å². The summed E-state index contributed by atoms with van der Waals surface area (Å²) in [5.74, 6) is -1.42. The first kappa shape index (κ1) is 15.9. The van der Waals surface area contributed by atoms with Gasteiger partial charge in [0.25, 0.3) is 0 Å². The highest BCUT2D eigenvalue weighted by atomic mass is 17.2. The van der Waals surface area contributed by atoms with Crippen LogP contribution in [0.3, 0.4) is 0 Å². The fraction of sp³-hybridized carbons (Fsp3) is 0.0625. The molecule has 0 amide bonds. The zero-order chi connectivity index (χ0) is 15.5. The maximum Gasteiger partial charge on any atom is 0.386 e. The predicted octanol–water partition coefficient (Wildman–Crippen LogP) is 3.15. The fourth-order valence-electron chi connectivity index (χ4n) is 1.32. The van der Waals surface area contributed by atoms with E-state index >= 15 is 0 Å². The van der Waals surface area contributed by atoms with Crippen LogP contribution in [0, 0.1) is 11.3 Å². The highest BCUT2D eigenvalue weighted by molar-refractivity contribution is 5.92. The van der Waals surface area contributed by atoms with E-state index in [1.54, 1.807) is 66.7 Å². The van der Waals surface area contributed by atoms with Crippen LogP contribution in [0.4, 0.5) is 0 Å². The molecule has 2 rings (SSSR count). The quantitative estimate of drug-likeness (QED) is 0.625. The molecule has 5 nitrogen and oxygen atoms in total. The van der Waals surface area contributed by atoms with Crippen LogP contribution in [0.5, 0.6) is 0 Å². The molecule has 21 heavy (non-hydrogen) atoms. The number of carbonyl (C=O) groups excluding carboxylic acids is 2. The molecule has 106 valence electrons. The molecule has 0 bridgehead atoms. The van der Waals surface area contributed by atoms with Gasteiger partial charge in [0.15, 0.2) is 0 Å². The lowest BCUT2D eigenvalue weighted by molar-refractivity contribution is -0.187. The molecule has 2 aromatic carbocycles. The molecule has 0 saturated heterocycles. The summed E-state index contributed by atoms with van der Waals surface area (Å²) in [4.78, 5) is 31.9. The third-order valence-electron chi connectivity index (χ3n) is 2.21. The van der Waals surface area contributed by atoms with Crippen LogP contribution in [0.25, 0.3) is 0 Å². The maximum absolute atomic E-state index is 11.5. The summed E-state index contributed by atoms with van der Waals surface area (Å²) in [5.41, 5.74) is 0.636. The van der Waals surface area contributed by atoms with Gasteiger partial charge in [-0.15, -0.1) is 0 Å². The van der Waals surface area contributed by atoms with Crippen LogP contribution >= 0.6 is 0 Å². The zero-order valence-corrected chi connectivity index (χ0v) is 11.4. The molecular formula is C16H13NO4. The molecule has 0 atom stereocenters. The van der Waals surface area contributed by atoms with E-state index in [0.29, 0.717) is 11.1 Å². The van der Waals surface area contributed by atoms with E-state index in [9.17, 15) is 9.59 Å². The molecule has 0 aliphatic rings. The molecule has 0 heterocycles. The minimum atomic E-state index is -0.708. The van der Waals surface area contributed by atoms with Crippen LogP contribution in [0.15, 0.2) is 60.7 Å². The minimum Gasteiger partial charge on any atom is -0.242 e. The monoisotopic (exact) mass is 283 g/mol. The lowest BCUT2D eigenvalue weighted by Gasteiger charge is -2.02. The smallest absolute Gasteiger partial charge is 0.242 e. The summed E-state index contributed by atoms with van der Waals surface area (Å²) in [6.45, 7) is 1.43. The molecule has 2 aromatic rings. The summed E-state index contributed by atoms with van der Waals surface area (Å²) in [5, 5.41) is 7.32. The van der Waals surface area contributed by atoms with Crippen LogP contribution < -0.4 is 0 Å². The first-order valence-electron chi connectivity index (χ1n) is 6.03. The van der Waals surface area contributed by atoms with Crippen molar-refractivity contribution in [1.29, 1.82) is 5.26 Å². The van der Waals surface area contributed by atoms with E-state index in [-0.39, 0.29) is 0 Å². The molecule has 0 fully saturated rings. The molecule has 5 heteroatoms. The van der Waals surface area contributed by atoms with Crippen molar-refractivity contribution in [3.05, 3.63) is 71.8 Å². The Morgan fingerprint density at radius 3 is 1.38 bits per heavy atom. The molecule has 0 aliphatic heterocycles. The molecule has 0 N–H and O–H groups in total. The van der Waals surface area contributed by atoms with Gasteiger partial charge in [-0.2, -0.15) is 5.26 Å². The van der Waals surface area contributed by atoms with Crippen molar-refractivity contribution in [2.45, 2.75) is 6.92 Å². The standard InChI is InChI=1S/C14H10O4.C2H3N/c15-13(11-7-3-1-4-8-11)17-18-14(16)12-9-5-2-6-10-12;1-2-3/h1-10H;1H3. The molecule has 0 saturated carbocycles. The highest BCUT2D eigenvalue weighted by Crippen LogP contribution is 2.05. The Morgan fingerprint density at radius 1 is 0.810 bits per heavy atom. The summed E-state index contributed by atoms with van der Waals surface area (Å²) in [6, 6.07) is 18.3. The highest BCUT2D eigenvalue weighted by Gasteiger charge is 2.12. The predicted molar refractivity (Wildman–Crippen MR) is 75.0 cm³/mol. The number of hydrogen-bond donors (Lipinski definition) is 0. The van der Waals surface area contributed by atoms with Crippen LogP contribution in [-0.2, 0) is 9.78 Å². The average molecular weight is 283 g/mol. The Labute approximate surface area is 122 Å². The summed E-state index contributed by atoms with van der Waals surface area (Å²) >= 11 is 0. The number of carbonyl (C=O) groups is 2. The fourth-order valence-corrected chi connectivity index (χ4v) is 1.32. The molecule has 0 aromatic heterocycles. The number of rotatable bonds is 2. The van der Waals surface area contributed by atoms with Crippen LogP contribution in [-0.4, -0.2) is 11.9 Å². The second-order valence-corrected chi connectivity index (χ2v) is 3.70. The summed E-state index contributed by atoms with van der Waals surface area (Å²) in [6.07, 6.45) is 0. The third-order valence-corrected chi connectivity index (χ3v) is 2.21. The Kier molecular flexibility index (Phi) is 6.74. The maximum atomic E-state index is 11.5. The van der Waals surface area contributed by atoms with E-state index in [2.05, 4.69) is 9.78 Å². The van der Waals surface area contributed by atoms with Gasteiger partial charge in [-0.25, -0.2) is 19.4 Å². The Morgan fingerprint density at radius 2 is 1.10 bits per heavy atom. The topological polar surface area (TPSA) is 76.4 Å². The third kappa shape index (κ3) is 5.57. The summed E-state index contributed by atoms with van der Waals surface area (Å²) in [7, 11) is 0. The van der Waals surface area contributed by atoms with Crippen LogP contribution in [0.2, 0.25) is 0 Å². The van der Waals surface area contributed by atoms with Crippen molar-refractivity contribution in [3.63, 3.8) is 0 Å². The van der Waals surface area contributed by atoms with E-state index in [1.165, 1.54) is 6.92 Å². The number of nitrogens with zero attached hydrogens (tertiary/aromatic N) is 1. The lowest BCUT2D eigenvalue weighted by Crippen LogP contribution is -2.11. The molecule has 0 radical (unpaired) electrons. The average Bonchev–Trinajstić information content (AvgIpc) is 2.54. The van der Waals surface area contributed by atoms with Crippen LogP contribution in [0.1, 0.15) is 27.6 Å². The van der Waals surface area contributed by atoms with Crippen molar-refractivity contribution >= 4 is 11.9 Å². The van der Waals surface area contributed by atoms with Gasteiger partial charge < -0.3 is 0 Å². The van der Waals surface area contributed by atoms with Gasteiger partial charge in [0.05, 0.1) is 17.2 Å². The summed E-state index contributed by atoms with van der Waals surface area (Å²) < 4.78 is 0. The number of benzene rings is 2. The SMILES string of the molecule is CC#N.O=C(OOC(=O)c1ccccc1)c1ccccc1. The lowest BCUT2D eigenvalue weighted by atomic mass is 10.2. The first-order chi connectivity index (χ1) is 10.2. The van der Waals surface area contributed by atoms with E-state index < -0.39 is 11.9 Å². The molecule has 0 spiro atoms. The largest absolute Gasteiger partial charge is 0.386 e. The molecule has 0 unspecified atom stereocenters. The van der Waals surface area contributed by atoms with E-state index in [1.807, 2.05) is 0 Å². The van der Waals surface area contributed by atoms with Gasteiger partial charge in [0, 0.05) is 6.92 Å². The van der Waals surface area contributed by atoms with Crippen molar-refractivity contribution in [1.82, 2.24) is 0 Å². The van der Waals surface area contributed by atoms with Crippen molar-refractivity contribution < 1.29 is 19.4 Å². The van der Waals surface area contributed by atoms with Gasteiger partial charge >= 0.3 is 11.9 Å². The van der Waals surface area contributed by atoms with Gasteiger partial charge in [0.2, 0.25) is 0 Å². The Bertz CT molecular complexity index is 566. The van der Waals surface area contributed by atoms with Crippen molar-refractivity contribution in [3.8, 4) is 6.07 Å². The van der Waals surface area contributed by atoms with Gasteiger partial charge in [-0.1, -0.05) is 36.4 Å². The van der Waals surface area contributed by atoms with E-state index in [0.717, 1.165) is 0 Å². The minimum absolute atomic E-state index is 0.318. The first-order valence-corrected chi connectivity index (χ1v) is 6.03. The Balaban J connectivity index is 0.000000677. The molecule has 0 aliphatic carbocycles. The van der Waals surface area contributed by atoms with Crippen molar-refractivity contribution in [2.75, 3.05) is 0 Å². The van der Waals surface area contributed by atoms with Gasteiger partial charge in [-0.3, -0.25) is 0 Å². The number of nitriles is 1. The second-order valence-electron chi connectivity index (χ2n) is 3.70. The normalized spacial score (nSPS) is 8.57. The van der Waals surface area contributed by atoms with Gasteiger partial charge in [-0.05, 0) is 24.3 Å². The van der Waals surface area contributed by atoms with Crippen molar-refractivity contribution in [2.24, 2.45) is 0 Å². The second kappa shape index (κ2) is 8.88. The number of hydrogen-bond acceptors (Lipinski definition) is 5. The molecular weight excluding hydrogens is 270 g/mol. The Hall–Kier alpha value is -3.13.